The summed E-state index contributed by atoms with van der Waals surface area (Å²) in [7, 11) is 0. The van der Waals surface area contributed by atoms with Gasteiger partial charge in [-0.05, 0) is 43.2 Å². The average molecular weight is 264 g/mol. The molecule has 0 radical (unpaired) electrons. The van der Waals surface area contributed by atoms with Gasteiger partial charge in [0.15, 0.2) is 0 Å². The highest BCUT2D eigenvalue weighted by molar-refractivity contribution is 7.10. The fourth-order valence-corrected chi connectivity index (χ4v) is 4.12. The Hall–Kier alpha value is -0.710. The van der Waals surface area contributed by atoms with E-state index in [-0.39, 0.29) is 0 Å². The van der Waals surface area contributed by atoms with Crippen LogP contribution in [0.5, 0.6) is 0 Å². The van der Waals surface area contributed by atoms with E-state index in [1.54, 1.807) is 16.2 Å². The summed E-state index contributed by atoms with van der Waals surface area (Å²) in [6, 6.07) is 3.15. The minimum absolute atomic E-state index is 0.353. The van der Waals surface area contributed by atoms with Crippen molar-refractivity contribution in [3.63, 3.8) is 0 Å². The summed E-state index contributed by atoms with van der Waals surface area (Å²) in [5, 5.41) is 9.17. The number of aryl methyl sites for hydroxylation is 1. The maximum Gasteiger partial charge on any atom is 0.109 e. The average Bonchev–Trinajstić information content (AvgIpc) is 3.00. The number of fused-ring (bicyclic) bond motifs is 1. The maximum absolute atomic E-state index is 4.38. The topological polar surface area (TPSA) is 24.9 Å². The van der Waals surface area contributed by atoms with Crippen molar-refractivity contribution in [1.29, 1.82) is 0 Å². The zero-order valence-electron chi connectivity index (χ0n) is 9.85. The Kier molecular flexibility index (Phi) is 3.27. The lowest BCUT2D eigenvalue weighted by atomic mass is 9.93. The van der Waals surface area contributed by atoms with Crippen LogP contribution in [0.4, 0.5) is 0 Å². The second-order valence-corrected chi connectivity index (χ2v) is 6.43. The van der Waals surface area contributed by atoms with E-state index in [0.29, 0.717) is 12.1 Å². The fourth-order valence-electron chi connectivity index (χ4n) is 2.48. The molecule has 4 heteroatoms. The molecule has 3 rings (SSSR count). The van der Waals surface area contributed by atoms with Crippen molar-refractivity contribution in [2.75, 3.05) is 0 Å². The summed E-state index contributed by atoms with van der Waals surface area (Å²) in [6.45, 7) is 2.21. The van der Waals surface area contributed by atoms with Crippen LogP contribution in [0.1, 0.15) is 47.3 Å². The number of rotatable bonds is 3. The van der Waals surface area contributed by atoms with Crippen LogP contribution in [-0.2, 0) is 6.42 Å². The second kappa shape index (κ2) is 4.88. The number of hydrogen-bond acceptors (Lipinski definition) is 4. The van der Waals surface area contributed by atoms with Crippen LogP contribution < -0.4 is 5.32 Å². The number of nitrogens with zero attached hydrogens (tertiary/aromatic N) is 1. The highest BCUT2D eigenvalue weighted by atomic mass is 32.1. The van der Waals surface area contributed by atoms with Gasteiger partial charge >= 0.3 is 0 Å². The van der Waals surface area contributed by atoms with Crippen molar-refractivity contribution in [2.24, 2.45) is 0 Å². The van der Waals surface area contributed by atoms with Crippen LogP contribution >= 0.6 is 22.7 Å². The predicted octanol–water partition coefficient (Wildman–Crippen LogP) is 3.93. The Morgan fingerprint density at radius 1 is 1.41 bits per heavy atom. The molecule has 17 heavy (non-hydrogen) atoms. The second-order valence-electron chi connectivity index (χ2n) is 4.50. The number of aromatic nitrogens is 1. The van der Waals surface area contributed by atoms with E-state index in [9.17, 15) is 0 Å². The van der Waals surface area contributed by atoms with Gasteiger partial charge in [-0.25, -0.2) is 4.98 Å². The molecular weight excluding hydrogens is 248 g/mol. The molecule has 1 N–H and O–H groups in total. The third-order valence-electron chi connectivity index (χ3n) is 3.32. The summed E-state index contributed by atoms with van der Waals surface area (Å²) in [4.78, 5) is 5.95. The summed E-state index contributed by atoms with van der Waals surface area (Å²) in [6.07, 6.45) is 5.70. The number of thiophene rings is 1. The molecule has 2 nitrogen and oxygen atoms in total. The van der Waals surface area contributed by atoms with Crippen molar-refractivity contribution >= 4 is 22.7 Å². The van der Waals surface area contributed by atoms with Gasteiger partial charge in [0.2, 0.25) is 0 Å². The first-order valence-corrected chi connectivity index (χ1v) is 7.82. The molecule has 0 saturated carbocycles. The van der Waals surface area contributed by atoms with E-state index in [0.717, 1.165) is 0 Å². The van der Waals surface area contributed by atoms with Crippen molar-refractivity contribution in [3.8, 4) is 0 Å². The van der Waals surface area contributed by atoms with E-state index in [4.69, 9.17) is 0 Å². The monoisotopic (exact) mass is 264 g/mol. The van der Waals surface area contributed by atoms with Gasteiger partial charge in [-0.2, -0.15) is 0 Å². The van der Waals surface area contributed by atoms with Gasteiger partial charge < -0.3 is 5.32 Å². The first-order chi connectivity index (χ1) is 8.34. The molecule has 2 aromatic heterocycles. The summed E-state index contributed by atoms with van der Waals surface area (Å²) in [5.74, 6) is 0. The van der Waals surface area contributed by atoms with Crippen LogP contribution in [0.2, 0.25) is 0 Å². The molecule has 0 aromatic carbocycles. The van der Waals surface area contributed by atoms with Crippen LogP contribution in [0.3, 0.4) is 0 Å². The smallest absolute Gasteiger partial charge is 0.109 e. The zero-order chi connectivity index (χ0) is 11.7. The van der Waals surface area contributed by atoms with E-state index >= 15 is 0 Å². The van der Waals surface area contributed by atoms with Crippen LogP contribution in [-0.4, -0.2) is 4.98 Å². The molecule has 2 aromatic rings. The van der Waals surface area contributed by atoms with Gasteiger partial charge in [-0.15, -0.1) is 22.7 Å². The molecule has 0 fully saturated rings. The number of hydrogen-bond donors (Lipinski definition) is 1. The van der Waals surface area contributed by atoms with Gasteiger partial charge in [0.05, 0.1) is 6.04 Å². The van der Waals surface area contributed by atoms with E-state index in [2.05, 4.69) is 28.7 Å². The predicted molar refractivity (Wildman–Crippen MR) is 73.7 cm³/mol. The summed E-state index contributed by atoms with van der Waals surface area (Å²) < 4.78 is 0. The Morgan fingerprint density at radius 3 is 3.18 bits per heavy atom. The lowest BCUT2D eigenvalue weighted by molar-refractivity contribution is 0.417. The molecule has 1 aliphatic carbocycles. The lowest BCUT2D eigenvalue weighted by Crippen LogP contribution is -2.26. The third-order valence-corrected chi connectivity index (χ3v) is 5.28. The minimum atomic E-state index is 0.353. The van der Waals surface area contributed by atoms with Gasteiger partial charge in [0.25, 0.3) is 0 Å². The molecule has 2 atom stereocenters. The van der Waals surface area contributed by atoms with E-state index in [1.807, 2.05) is 22.9 Å². The highest BCUT2D eigenvalue weighted by Crippen LogP contribution is 2.34. The molecule has 2 unspecified atom stereocenters. The Morgan fingerprint density at radius 2 is 2.35 bits per heavy atom. The van der Waals surface area contributed by atoms with Crippen LogP contribution in [0.15, 0.2) is 23.0 Å². The van der Waals surface area contributed by atoms with Gasteiger partial charge in [-0.3, -0.25) is 0 Å². The summed E-state index contributed by atoms with van der Waals surface area (Å²) in [5.41, 5.74) is 1.52. The molecule has 0 saturated heterocycles. The fraction of sp³-hybridized carbons (Fsp3) is 0.462. The Bertz CT molecular complexity index is 475. The molecule has 0 amide bonds. The molecule has 0 spiro atoms. The normalized spacial score (nSPS) is 21.1. The van der Waals surface area contributed by atoms with Gasteiger partial charge in [0, 0.05) is 22.5 Å². The highest BCUT2D eigenvalue weighted by Gasteiger charge is 2.23. The Labute approximate surface area is 110 Å². The number of nitrogens with one attached hydrogen (secondary N) is 1. The van der Waals surface area contributed by atoms with E-state index < -0.39 is 0 Å². The van der Waals surface area contributed by atoms with Crippen LogP contribution in [0, 0.1) is 0 Å². The van der Waals surface area contributed by atoms with Crippen molar-refractivity contribution in [1.82, 2.24) is 10.3 Å². The van der Waals surface area contributed by atoms with Gasteiger partial charge in [-0.1, -0.05) is 0 Å². The first kappa shape index (κ1) is 11.4. The molecule has 2 heterocycles. The molecular formula is C13H16N2S2. The van der Waals surface area contributed by atoms with Gasteiger partial charge in [0.1, 0.15) is 5.01 Å². The standard InChI is InChI=1S/C13H16N2S2/c1-9(13-14-6-8-17-13)15-11-3-2-4-12-10(11)5-7-16-12/h5-9,11,15H,2-4H2,1H3. The SMILES string of the molecule is CC(NC1CCCc2sccc21)c1nccs1. The van der Waals surface area contributed by atoms with Crippen LogP contribution in [0.25, 0.3) is 0 Å². The maximum atomic E-state index is 4.38. The van der Waals surface area contributed by atoms with E-state index in [1.165, 1.54) is 29.8 Å². The summed E-state index contributed by atoms with van der Waals surface area (Å²) >= 11 is 3.63. The lowest BCUT2D eigenvalue weighted by Gasteiger charge is -2.26. The Balaban J connectivity index is 1.75. The molecule has 90 valence electrons. The third kappa shape index (κ3) is 2.30. The van der Waals surface area contributed by atoms with Crippen molar-refractivity contribution in [3.05, 3.63) is 38.5 Å². The quantitative estimate of drug-likeness (QED) is 0.908. The van der Waals surface area contributed by atoms with Crippen molar-refractivity contribution in [2.45, 2.75) is 38.3 Å². The zero-order valence-corrected chi connectivity index (χ0v) is 11.5. The molecule has 0 bridgehead atoms. The largest absolute Gasteiger partial charge is 0.301 e. The number of thiazole rings is 1. The molecule has 1 aliphatic rings. The van der Waals surface area contributed by atoms with Crippen molar-refractivity contribution < 1.29 is 0 Å². The minimum Gasteiger partial charge on any atom is -0.301 e. The first-order valence-electron chi connectivity index (χ1n) is 6.06. The molecule has 0 aliphatic heterocycles.